The van der Waals surface area contributed by atoms with Crippen LogP contribution in [0.2, 0.25) is 5.02 Å². The molecule has 35 heavy (non-hydrogen) atoms. The van der Waals surface area contributed by atoms with Gasteiger partial charge in [0.05, 0.1) is 27.2 Å². The largest absolute Gasteiger partial charge is 0.479 e. The number of nitrogens with zero attached hydrogens (tertiary/aromatic N) is 4. The molecule has 3 aromatic rings. The molecule has 4 rings (SSSR count). The lowest BCUT2D eigenvalue weighted by Crippen LogP contribution is -2.36. The van der Waals surface area contributed by atoms with Gasteiger partial charge in [0.2, 0.25) is 11.8 Å². The highest BCUT2D eigenvalue weighted by Gasteiger charge is 2.37. The van der Waals surface area contributed by atoms with Crippen LogP contribution in [0.15, 0.2) is 30.6 Å². The number of fused-ring (bicyclic) bond motifs is 1. The fraction of sp³-hybridized carbons (Fsp3) is 0.429. The Balaban J connectivity index is 1.42. The highest BCUT2D eigenvalue weighted by Crippen LogP contribution is 2.48. The molecule has 1 aliphatic rings. The number of carbonyl (C=O) groups is 1. The van der Waals surface area contributed by atoms with Crippen molar-refractivity contribution >= 4 is 42.4 Å². The zero-order valence-corrected chi connectivity index (χ0v) is 21.0. The van der Waals surface area contributed by atoms with Crippen molar-refractivity contribution < 1.29 is 27.9 Å². The van der Waals surface area contributed by atoms with Crippen LogP contribution in [-0.2, 0) is 18.6 Å². The minimum absolute atomic E-state index is 0.0934. The average Bonchev–Trinajstić information content (AvgIpc) is 3.21. The molecule has 12 nitrogen and oxygen atoms in total. The second-order valence-electron chi connectivity index (χ2n) is 8.12. The topological polar surface area (TPSA) is 153 Å². The lowest BCUT2D eigenvalue weighted by Gasteiger charge is -2.36. The van der Waals surface area contributed by atoms with Crippen LogP contribution in [0.1, 0.15) is 25.8 Å². The number of benzene rings is 1. The van der Waals surface area contributed by atoms with Gasteiger partial charge in [-0.2, -0.15) is 15.1 Å². The summed E-state index contributed by atoms with van der Waals surface area (Å²) < 4.78 is 36.7. The molecule has 1 aliphatic carbocycles. The van der Waals surface area contributed by atoms with Crippen molar-refractivity contribution in [1.82, 2.24) is 24.6 Å². The van der Waals surface area contributed by atoms with Crippen LogP contribution in [0, 0.1) is 5.92 Å². The van der Waals surface area contributed by atoms with Gasteiger partial charge in [0.25, 0.3) is 0 Å². The molecule has 3 N–H and O–H groups in total. The van der Waals surface area contributed by atoms with Gasteiger partial charge in [-0.1, -0.05) is 11.6 Å². The van der Waals surface area contributed by atoms with E-state index in [2.05, 4.69) is 20.0 Å². The van der Waals surface area contributed by atoms with E-state index in [0.717, 1.165) is 12.8 Å². The smallest absolute Gasteiger partial charge is 0.459 e. The van der Waals surface area contributed by atoms with E-state index in [0.29, 0.717) is 22.1 Å². The van der Waals surface area contributed by atoms with Crippen LogP contribution in [0.3, 0.4) is 0 Å². The molecule has 2 heterocycles. The number of anilines is 1. The van der Waals surface area contributed by atoms with Crippen molar-refractivity contribution in [1.29, 1.82) is 0 Å². The van der Waals surface area contributed by atoms with Crippen LogP contribution in [-0.4, -0.2) is 52.4 Å². The second kappa shape index (κ2) is 10.4. The van der Waals surface area contributed by atoms with Crippen molar-refractivity contribution in [2.45, 2.75) is 31.8 Å². The summed E-state index contributed by atoms with van der Waals surface area (Å²) in [5, 5.41) is 3.14. The first kappa shape index (κ1) is 25.2. The van der Waals surface area contributed by atoms with Crippen LogP contribution >= 0.6 is 19.3 Å². The molecule has 2 aromatic heterocycles. The Morgan fingerprint density at radius 1 is 1.29 bits per heavy atom. The van der Waals surface area contributed by atoms with Gasteiger partial charge in [-0.3, -0.25) is 9.32 Å². The van der Waals surface area contributed by atoms with Crippen LogP contribution in [0.4, 0.5) is 5.95 Å². The highest BCUT2D eigenvalue weighted by molar-refractivity contribution is 7.52. The first-order valence-electron chi connectivity index (χ1n) is 10.8. The number of imidazole rings is 1. The fourth-order valence-electron chi connectivity index (χ4n) is 3.77. The minimum atomic E-state index is -3.92. The predicted molar refractivity (Wildman–Crippen MR) is 128 cm³/mol. The van der Waals surface area contributed by atoms with Crippen LogP contribution in [0.25, 0.3) is 11.2 Å². The van der Waals surface area contributed by atoms with Gasteiger partial charge in [-0.05, 0) is 49.9 Å². The Labute approximate surface area is 206 Å². The molecule has 1 saturated carbocycles. The van der Waals surface area contributed by atoms with E-state index in [1.165, 1.54) is 21.1 Å². The molecule has 2 atom stereocenters. The molecule has 0 saturated heterocycles. The normalized spacial score (nSPS) is 20.0. The van der Waals surface area contributed by atoms with Crippen molar-refractivity contribution in [3.8, 4) is 11.6 Å². The number of hydrogen-bond acceptors (Lipinski definition) is 10. The maximum atomic E-state index is 13.5. The summed E-state index contributed by atoms with van der Waals surface area (Å²) in [4.78, 5) is 24.6. The summed E-state index contributed by atoms with van der Waals surface area (Å²) in [5.41, 5.74) is 6.92. The maximum absolute atomic E-state index is 13.5. The van der Waals surface area contributed by atoms with Gasteiger partial charge in [0, 0.05) is 11.1 Å². The lowest BCUT2D eigenvalue weighted by molar-refractivity contribution is -0.142. The highest BCUT2D eigenvalue weighted by atomic mass is 35.5. The Hall–Kier alpha value is -2.92. The molecule has 1 unspecified atom stereocenters. The maximum Gasteiger partial charge on any atom is 0.459 e. The zero-order valence-electron chi connectivity index (χ0n) is 19.4. The Kier molecular flexibility index (Phi) is 7.46. The third-order valence-electron chi connectivity index (χ3n) is 5.63. The number of nitrogen functional groups attached to an aromatic ring is 1. The summed E-state index contributed by atoms with van der Waals surface area (Å²) in [6.45, 7) is 1.66. The van der Waals surface area contributed by atoms with E-state index in [4.69, 9.17) is 35.9 Å². The number of methoxy groups -OCH3 is 2. The predicted octanol–water partition coefficient (Wildman–Crippen LogP) is 3.38. The van der Waals surface area contributed by atoms with Gasteiger partial charge >= 0.3 is 13.7 Å². The zero-order chi connectivity index (χ0) is 25.2. The second-order valence-corrected chi connectivity index (χ2v) is 10.2. The van der Waals surface area contributed by atoms with Crippen molar-refractivity contribution in [3.05, 3.63) is 35.6 Å². The molecule has 1 aromatic carbocycles. The number of ether oxygens (including phenoxy) is 2. The van der Waals surface area contributed by atoms with Crippen molar-refractivity contribution in [2.24, 2.45) is 5.92 Å². The SMILES string of the molecule is COC(=O)[C@H](C)NP(=O)(OCC1CC(n2cnc3c(OC)nc(N)nc32)C1)Oc1ccc(Cl)cc1. The third kappa shape index (κ3) is 5.67. The number of rotatable bonds is 10. The molecule has 0 spiro atoms. The molecule has 0 radical (unpaired) electrons. The Bertz CT molecular complexity index is 1250. The number of nitrogens with one attached hydrogen (secondary N) is 1. The van der Waals surface area contributed by atoms with Crippen molar-refractivity contribution in [2.75, 3.05) is 26.6 Å². The summed E-state index contributed by atoms with van der Waals surface area (Å²) in [6, 6.07) is 5.52. The van der Waals surface area contributed by atoms with Crippen molar-refractivity contribution in [3.63, 3.8) is 0 Å². The molecule has 188 valence electrons. The lowest BCUT2D eigenvalue weighted by atomic mass is 9.81. The summed E-state index contributed by atoms with van der Waals surface area (Å²) >= 11 is 5.91. The van der Waals surface area contributed by atoms with Gasteiger partial charge in [-0.15, -0.1) is 0 Å². The third-order valence-corrected chi connectivity index (χ3v) is 7.53. The van der Waals surface area contributed by atoms with E-state index in [9.17, 15) is 9.36 Å². The van der Waals surface area contributed by atoms with Gasteiger partial charge in [0.15, 0.2) is 11.2 Å². The quantitative estimate of drug-likeness (QED) is 0.296. The van der Waals surface area contributed by atoms with Gasteiger partial charge < -0.3 is 24.3 Å². The van der Waals surface area contributed by atoms with E-state index in [1.54, 1.807) is 30.6 Å². The van der Waals surface area contributed by atoms with Gasteiger partial charge in [-0.25, -0.2) is 9.55 Å². The van der Waals surface area contributed by atoms with E-state index in [-0.39, 0.29) is 30.3 Å². The van der Waals surface area contributed by atoms with E-state index >= 15 is 0 Å². The van der Waals surface area contributed by atoms with Gasteiger partial charge in [0.1, 0.15) is 11.8 Å². The molecular formula is C21H26ClN6O6P. The number of aromatic nitrogens is 4. The van der Waals surface area contributed by atoms with E-state index in [1.807, 2.05) is 4.57 Å². The summed E-state index contributed by atoms with van der Waals surface area (Å²) in [6.07, 6.45) is 3.13. The first-order chi connectivity index (χ1) is 16.7. The number of carbonyl (C=O) groups excluding carboxylic acids is 1. The summed E-state index contributed by atoms with van der Waals surface area (Å²) in [5.74, 6) is 0.194. The monoisotopic (exact) mass is 524 g/mol. The molecule has 0 aliphatic heterocycles. The summed E-state index contributed by atoms with van der Waals surface area (Å²) in [7, 11) is -1.17. The molecule has 0 bridgehead atoms. The molecule has 1 fully saturated rings. The fourth-order valence-corrected chi connectivity index (χ4v) is 5.47. The average molecular weight is 525 g/mol. The molecular weight excluding hydrogens is 499 g/mol. The standard InChI is InChI=1S/C21H26ClN6O6P/c1-12(20(29)32-3)27-35(30,34-16-6-4-14(22)5-7-16)33-10-13-8-15(9-13)28-11-24-17-18(28)25-21(23)26-19(17)31-2/h4-7,11-13,15H,8-10H2,1-3H3,(H,27,30)(H2,23,25,26)/t12-,13?,15?,35?/m0/s1. The molecule has 14 heteroatoms. The number of halogens is 1. The number of esters is 1. The minimum Gasteiger partial charge on any atom is -0.479 e. The number of hydrogen-bond donors (Lipinski definition) is 2. The number of nitrogens with two attached hydrogens (primary N) is 1. The Morgan fingerprint density at radius 2 is 2.00 bits per heavy atom. The van der Waals surface area contributed by atoms with Crippen LogP contribution < -0.4 is 20.1 Å². The Morgan fingerprint density at radius 3 is 2.66 bits per heavy atom. The van der Waals surface area contributed by atoms with Crippen LogP contribution in [0.5, 0.6) is 11.6 Å². The first-order valence-corrected chi connectivity index (χ1v) is 12.7. The molecule has 0 amide bonds. The van der Waals surface area contributed by atoms with E-state index < -0.39 is 19.8 Å².